The number of rotatable bonds is 5. The summed E-state index contributed by atoms with van der Waals surface area (Å²) in [5.74, 6) is -2.03. The fraction of sp³-hybridized carbons (Fsp3) is 0.353. The van der Waals surface area contributed by atoms with Crippen molar-refractivity contribution in [1.29, 1.82) is 0 Å². The molecule has 26 heavy (non-hydrogen) atoms. The van der Waals surface area contributed by atoms with Gasteiger partial charge in [-0.1, -0.05) is 0 Å². The van der Waals surface area contributed by atoms with Crippen LogP contribution in [0.1, 0.15) is 12.0 Å². The Balaban J connectivity index is 1.93. The first-order valence-electron chi connectivity index (χ1n) is 8.05. The molecule has 3 rings (SSSR count). The Morgan fingerprint density at radius 3 is 2.85 bits per heavy atom. The maximum atomic E-state index is 14.3. The van der Waals surface area contributed by atoms with Crippen LogP contribution in [0.4, 0.5) is 15.8 Å². The topological polar surface area (TPSA) is 108 Å². The average Bonchev–Trinajstić information content (AvgIpc) is 2.92. The maximum Gasteiger partial charge on any atom is 0.337 e. The van der Waals surface area contributed by atoms with Crippen molar-refractivity contribution in [3.8, 4) is 0 Å². The van der Waals surface area contributed by atoms with E-state index in [1.165, 1.54) is 12.0 Å². The van der Waals surface area contributed by atoms with Gasteiger partial charge in [0.05, 0.1) is 31.5 Å². The van der Waals surface area contributed by atoms with Crippen LogP contribution in [-0.4, -0.2) is 54.6 Å². The van der Waals surface area contributed by atoms with Crippen LogP contribution in [0.15, 0.2) is 23.4 Å². The summed E-state index contributed by atoms with van der Waals surface area (Å²) < 4.78 is 19.0. The lowest BCUT2D eigenvalue weighted by atomic mass is 10.0. The number of fused-ring (bicyclic) bond motifs is 1. The van der Waals surface area contributed by atoms with Crippen molar-refractivity contribution in [1.82, 2.24) is 4.90 Å². The van der Waals surface area contributed by atoms with Gasteiger partial charge in [0.25, 0.3) is 5.91 Å². The number of aliphatic hydroxyl groups excluding tert-OH is 1. The first kappa shape index (κ1) is 17.9. The molecule has 0 spiro atoms. The maximum absolute atomic E-state index is 14.3. The third-order valence-corrected chi connectivity index (χ3v) is 4.28. The van der Waals surface area contributed by atoms with Gasteiger partial charge in [-0.05, 0) is 24.1 Å². The minimum absolute atomic E-state index is 0.00210. The lowest BCUT2D eigenvalue weighted by Gasteiger charge is -2.19. The molecule has 1 aromatic rings. The minimum atomic E-state index is -0.674. The van der Waals surface area contributed by atoms with Crippen molar-refractivity contribution in [2.24, 2.45) is 0 Å². The second-order valence-corrected chi connectivity index (χ2v) is 5.96. The van der Waals surface area contributed by atoms with Crippen LogP contribution in [0.5, 0.6) is 0 Å². The lowest BCUT2D eigenvalue weighted by molar-refractivity contribution is -0.136. The molecular weight excluding hydrogens is 345 g/mol. The van der Waals surface area contributed by atoms with E-state index >= 15 is 0 Å². The van der Waals surface area contributed by atoms with Gasteiger partial charge in [-0.15, -0.1) is 0 Å². The Morgan fingerprint density at radius 2 is 2.15 bits per heavy atom. The van der Waals surface area contributed by atoms with E-state index in [9.17, 15) is 18.8 Å². The summed E-state index contributed by atoms with van der Waals surface area (Å²) in [5, 5.41) is 14.3. The molecule has 0 aromatic heterocycles. The number of aryl methyl sites for hydroxylation is 1. The van der Waals surface area contributed by atoms with Crippen LogP contribution < -0.4 is 10.6 Å². The zero-order chi connectivity index (χ0) is 18.8. The summed E-state index contributed by atoms with van der Waals surface area (Å²) in [7, 11) is 1.20. The number of benzene rings is 1. The van der Waals surface area contributed by atoms with Gasteiger partial charge in [-0.25, -0.2) is 9.18 Å². The van der Waals surface area contributed by atoms with Crippen molar-refractivity contribution in [3.63, 3.8) is 0 Å². The van der Waals surface area contributed by atoms with Gasteiger partial charge in [-0.3, -0.25) is 9.59 Å². The third-order valence-electron chi connectivity index (χ3n) is 4.28. The number of nitrogens with zero attached hydrogens (tertiary/aromatic N) is 1. The first-order valence-corrected chi connectivity index (χ1v) is 8.05. The van der Waals surface area contributed by atoms with Crippen LogP contribution in [0.25, 0.3) is 0 Å². The predicted molar refractivity (Wildman–Crippen MR) is 89.7 cm³/mol. The number of amides is 2. The van der Waals surface area contributed by atoms with Crippen molar-refractivity contribution in [3.05, 3.63) is 34.8 Å². The Kier molecular flexibility index (Phi) is 4.90. The van der Waals surface area contributed by atoms with E-state index in [-0.39, 0.29) is 54.7 Å². The minimum Gasteiger partial charge on any atom is -0.466 e. The average molecular weight is 363 g/mol. The largest absolute Gasteiger partial charge is 0.466 e. The standard InChI is InChI=1S/C17H18FN3O5/c1-26-17(25)11-8-21(4-5-22)16(24)15(11)19-10-6-9-2-3-13(23)20-14(9)12(18)7-10/h6-7,19,22H,2-5,8H2,1H3,(H,20,23). The van der Waals surface area contributed by atoms with Crippen LogP contribution in [0.3, 0.4) is 0 Å². The molecule has 2 heterocycles. The van der Waals surface area contributed by atoms with Crippen molar-refractivity contribution in [2.75, 3.05) is 37.4 Å². The fourth-order valence-corrected chi connectivity index (χ4v) is 3.02. The SMILES string of the molecule is COC(=O)C1=C(Nc2cc(F)c3c(c2)CCC(=O)N3)C(=O)N(CCO)C1. The summed E-state index contributed by atoms with van der Waals surface area (Å²) >= 11 is 0. The summed E-state index contributed by atoms with van der Waals surface area (Å²) in [4.78, 5) is 37.2. The van der Waals surface area contributed by atoms with Crippen molar-refractivity contribution >= 4 is 29.2 Å². The molecule has 0 bridgehead atoms. The number of carbonyl (C=O) groups excluding carboxylic acids is 3. The zero-order valence-electron chi connectivity index (χ0n) is 14.1. The van der Waals surface area contributed by atoms with E-state index in [1.807, 2.05) is 0 Å². The van der Waals surface area contributed by atoms with Crippen LogP contribution >= 0.6 is 0 Å². The molecule has 9 heteroatoms. The number of carbonyl (C=O) groups is 3. The summed E-state index contributed by atoms with van der Waals surface area (Å²) in [6, 6.07) is 2.77. The fourth-order valence-electron chi connectivity index (χ4n) is 3.02. The Bertz CT molecular complexity index is 821. The first-order chi connectivity index (χ1) is 12.4. The van der Waals surface area contributed by atoms with Gasteiger partial charge in [0.1, 0.15) is 11.5 Å². The van der Waals surface area contributed by atoms with Gasteiger partial charge in [0, 0.05) is 18.7 Å². The molecule has 8 nitrogen and oxygen atoms in total. The molecule has 0 fully saturated rings. The lowest BCUT2D eigenvalue weighted by Crippen LogP contribution is -2.31. The summed E-state index contributed by atoms with van der Waals surface area (Å²) in [6.07, 6.45) is 0.621. The number of anilines is 2. The molecule has 0 atom stereocenters. The summed E-state index contributed by atoms with van der Waals surface area (Å²) in [6.45, 7) is -0.187. The second kappa shape index (κ2) is 7.12. The molecule has 0 saturated heterocycles. The second-order valence-electron chi connectivity index (χ2n) is 5.96. The van der Waals surface area contributed by atoms with Crippen LogP contribution in [0, 0.1) is 5.82 Å². The Hall–Kier alpha value is -2.94. The van der Waals surface area contributed by atoms with Gasteiger partial charge in [0.15, 0.2) is 0 Å². The number of nitrogens with one attached hydrogen (secondary N) is 2. The number of β-amino-alcohol motifs (C(OH)–C–C–N with tert-alkyl or cyclic N) is 1. The van der Waals surface area contributed by atoms with Crippen molar-refractivity contribution < 1.29 is 28.6 Å². The Labute approximate surface area is 148 Å². The van der Waals surface area contributed by atoms with Gasteiger partial charge < -0.3 is 25.4 Å². The number of esters is 1. The van der Waals surface area contributed by atoms with Crippen molar-refractivity contribution in [2.45, 2.75) is 12.8 Å². The number of hydrogen-bond acceptors (Lipinski definition) is 6. The molecular formula is C17H18FN3O5. The highest BCUT2D eigenvalue weighted by Gasteiger charge is 2.34. The van der Waals surface area contributed by atoms with Gasteiger partial charge in [-0.2, -0.15) is 0 Å². The molecule has 2 aliphatic rings. The van der Waals surface area contributed by atoms with E-state index in [0.29, 0.717) is 12.0 Å². The molecule has 3 N–H and O–H groups in total. The predicted octanol–water partition coefficient (Wildman–Crippen LogP) is 0.384. The molecule has 0 saturated carbocycles. The molecule has 1 aromatic carbocycles. The quantitative estimate of drug-likeness (QED) is 0.653. The molecule has 0 unspecified atom stereocenters. The van der Waals surface area contributed by atoms with Gasteiger partial charge in [0.2, 0.25) is 5.91 Å². The third kappa shape index (κ3) is 3.25. The van der Waals surface area contributed by atoms with E-state index < -0.39 is 17.7 Å². The summed E-state index contributed by atoms with van der Waals surface area (Å²) in [5.41, 5.74) is 1.12. The van der Waals surface area contributed by atoms with Crippen LogP contribution in [-0.2, 0) is 25.5 Å². The highest BCUT2D eigenvalue weighted by Crippen LogP contribution is 2.31. The number of halogens is 1. The molecule has 0 radical (unpaired) electrons. The monoisotopic (exact) mass is 363 g/mol. The highest BCUT2D eigenvalue weighted by atomic mass is 19.1. The number of hydrogen-bond donors (Lipinski definition) is 3. The molecule has 2 amide bonds. The number of aliphatic hydroxyl groups is 1. The molecule has 0 aliphatic carbocycles. The zero-order valence-corrected chi connectivity index (χ0v) is 14.1. The molecule has 138 valence electrons. The van der Waals surface area contributed by atoms with E-state index in [4.69, 9.17) is 9.84 Å². The molecule has 2 aliphatic heterocycles. The number of ether oxygens (including phenoxy) is 1. The van der Waals surface area contributed by atoms with Crippen LogP contribution in [0.2, 0.25) is 0 Å². The van der Waals surface area contributed by atoms with Gasteiger partial charge >= 0.3 is 5.97 Å². The highest BCUT2D eigenvalue weighted by molar-refractivity contribution is 6.08. The number of methoxy groups -OCH3 is 1. The normalized spacial score (nSPS) is 16.5. The van der Waals surface area contributed by atoms with E-state index in [2.05, 4.69) is 10.6 Å². The van der Waals surface area contributed by atoms with E-state index in [0.717, 1.165) is 6.07 Å². The van der Waals surface area contributed by atoms with E-state index in [1.54, 1.807) is 6.07 Å². The smallest absolute Gasteiger partial charge is 0.337 e. The Morgan fingerprint density at radius 1 is 1.38 bits per heavy atom.